The third-order valence-corrected chi connectivity index (χ3v) is 6.97. The molecule has 0 radical (unpaired) electrons. The Morgan fingerprint density at radius 2 is 1.93 bits per heavy atom. The van der Waals surface area contributed by atoms with Gasteiger partial charge in [0.25, 0.3) is 0 Å². The number of oxime groups is 1. The predicted octanol–water partition coefficient (Wildman–Crippen LogP) is 5.35. The van der Waals surface area contributed by atoms with Gasteiger partial charge in [0.15, 0.2) is 6.10 Å². The van der Waals surface area contributed by atoms with Gasteiger partial charge >= 0.3 is 0 Å². The van der Waals surface area contributed by atoms with Crippen LogP contribution >= 0.6 is 46.1 Å². The van der Waals surface area contributed by atoms with Crippen molar-refractivity contribution in [2.24, 2.45) is 5.16 Å². The lowest BCUT2D eigenvalue weighted by Crippen LogP contribution is -2.34. The molecule has 3 heterocycles. The van der Waals surface area contributed by atoms with Crippen molar-refractivity contribution in [3.63, 3.8) is 0 Å². The molecule has 1 fully saturated rings. The first-order valence-electron chi connectivity index (χ1n) is 9.04. The summed E-state index contributed by atoms with van der Waals surface area (Å²) in [6, 6.07) is 3.31. The Kier molecular flexibility index (Phi) is 6.23. The van der Waals surface area contributed by atoms with Gasteiger partial charge in [0.2, 0.25) is 0 Å². The topological polar surface area (TPSA) is 54.8 Å². The van der Waals surface area contributed by atoms with Gasteiger partial charge in [0, 0.05) is 28.3 Å². The Morgan fingerprint density at radius 1 is 1.21 bits per heavy atom. The minimum Gasteiger partial charge on any atom is -0.387 e. The van der Waals surface area contributed by atoms with Crippen LogP contribution in [0.2, 0.25) is 15.1 Å². The summed E-state index contributed by atoms with van der Waals surface area (Å²) < 4.78 is 0. The summed E-state index contributed by atoms with van der Waals surface area (Å²) in [5.74, 6) is 0.431. The van der Waals surface area contributed by atoms with Crippen LogP contribution in [0.1, 0.15) is 47.5 Å². The van der Waals surface area contributed by atoms with Gasteiger partial charge in [-0.3, -0.25) is 4.90 Å². The van der Waals surface area contributed by atoms with Crippen molar-refractivity contribution in [3.05, 3.63) is 48.8 Å². The van der Waals surface area contributed by atoms with Crippen molar-refractivity contribution >= 4 is 58.1 Å². The van der Waals surface area contributed by atoms with E-state index in [1.54, 1.807) is 23.5 Å². The van der Waals surface area contributed by atoms with E-state index in [2.05, 4.69) is 10.1 Å². The number of thiazole rings is 1. The molecule has 5 nitrogen and oxygen atoms in total. The first-order valence-corrected chi connectivity index (χ1v) is 11.1. The molecule has 0 spiro atoms. The standard InChI is InChI=1S/C19H18Cl3N3O2S/c20-12-7-13(21)18(14(22)8-12)17-9-15(24-27-17)16-10-28-19(23-16)11-1-3-25(4-2-11)5-6-26/h6-8,10-11,17H,1-5,9H2/t17-/m1/s1. The number of aromatic nitrogens is 1. The predicted molar refractivity (Wildman–Crippen MR) is 113 cm³/mol. The van der Waals surface area contributed by atoms with E-state index in [1.807, 2.05) is 5.38 Å². The number of hydrogen-bond acceptors (Lipinski definition) is 6. The van der Waals surface area contributed by atoms with Crippen molar-refractivity contribution in [2.75, 3.05) is 19.6 Å². The molecule has 2 aliphatic rings. The summed E-state index contributed by atoms with van der Waals surface area (Å²) in [7, 11) is 0. The molecule has 9 heteroatoms. The van der Waals surface area contributed by atoms with Crippen LogP contribution in [0.15, 0.2) is 22.7 Å². The molecule has 2 aliphatic heterocycles. The molecular formula is C19H18Cl3N3O2S. The quantitative estimate of drug-likeness (QED) is 0.567. The number of carbonyl (C=O) groups excluding carboxylic acids is 1. The molecule has 1 saturated heterocycles. The Labute approximate surface area is 182 Å². The number of rotatable bonds is 5. The Hall–Kier alpha value is -1.18. The van der Waals surface area contributed by atoms with Crippen molar-refractivity contribution in [1.82, 2.24) is 9.88 Å². The Balaban J connectivity index is 1.43. The van der Waals surface area contributed by atoms with Gasteiger partial charge in [0.05, 0.1) is 27.3 Å². The second kappa shape index (κ2) is 8.67. The van der Waals surface area contributed by atoms with Gasteiger partial charge in [-0.1, -0.05) is 40.0 Å². The zero-order valence-electron chi connectivity index (χ0n) is 14.9. The number of piperidine rings is 1. The molecule has 0 saturated carbocycles. The van der Waals surface area contributed by atoms with Crippen LogP contribution in [0, 0.1) is 0 Å². The Morgan fingerprint density at radius 3 is 2.61 bits per heavy atom. The van der Waals surface area contributed by atoms with Crippen molar-refractivity contribution in [2.45, 2.75) is 31.3 Å². The number of likely N-dealkylation sites (tertiary alicyclic amines) is 1. The Bertz CT molecular complexity index is 887. The van der Waals surface area contributed by atoms with E-state index >= 15 is 0 Å². The monoisotopic (exact) mass is 457 g/mol. The summed E-state index contributed by atoms with van der Waals surface area (Å²) in [6.07, 6.45) is 3.21. The SMILES string of the molecule is O=CCN1CCC(c2nc(C3=NO[C@@H](c4c(Cl)cc(Cl)cc4Cl)C3)cs2)CC1. The third-order valence-electron chi connectivity index (χ3n) is 5.12. The van der Waals surface area contributed by atoms with Crippen LogP contribution in [0.25, 0.3) is 0 Å². The zero-order valence-corrected chi connectivity index (χ0v) is 18.0. The number of carbonyl (C=O) groups is 1. The average molecular weight is 459 g/mol. The molecule has 0 aliphatic carbocycles. The van der Waals surface area contributed by atoms with E-state index in [4.69, 9.17) is 44.6 Å². The number of nitrogens with zero attached hydrogens (tertiary/aromatic N) is 3. The summed E-state index contributed by atoms with van der Waals surface area (Å²) in [5, 5.41) is 8.81. The van der Waals surface area contributed by atoms with E-state index < -0.39 is 0 Å². The molecule has 148 valence electrons. The molecule has 4 rings (SSSR count). The largest absolute Gasteiger partial charge is 0.387 e. The maximum Gasteiger partial charge on any atom is 0.161 e. The van der Waals surface area contributed by atoms with Crippen LogP contribution in [-0.2, 0) is 9.63 Å². The van der Waals surface area contributed by atoms with Gasteiger partial charge in [-0.15, -0.1) is 11.3 Å². The van der Waals surface area contributed by atoms with Gasteiger partial charge in [0.1, 0.15) is 12.0 Å². The third kappa shape index (κ3) is 4.21. The van der Waals surface area contributed by atoms with Crippen molar-refractivity contribution in [3.8, 4) is 0 Å². The lowest BCUT2D eigenvalue weighted by molar-refractivity contribution is -0.109. The fraction of sp³-hybridized carbons (Fsp3) is 0.421. The number of hydrogen-bond donors (Lipinski definition) is 0. The second-order valence-corrected chi connectivity index (χ2v) is 9.07. The van der Waals surface area contributed by atoms with E-state index in [1.165, 1.54) is 0 Å². The molecule has 0 N–H and O–H groups in total. The molecular weight excluding hydrogens is 441 g/mol. The van der Waals surface area contributed by atoms with Crippen LogP contribution in [0.5, 0.6) is 0 Å². The van der Waals surface area contributed by atoms with Crippen molar-refractivity contribution < 1.29 is 9.63 Å². The number of aldehydes is 1. The molecule has 0 amide bonds. The van der Waals surface area contributed by atoms with Crippen LogP contribution < -0.4 is 0 Å². The lowest BCUT2D eigenvalue weighted by Gasteiger charge is -2.29. The molecule has 1 aromatic heterocycles. The van der Waals surface area contributed by atoms with E-state index in [0.717, 1.165) is 48.6 Å². The highest BCUT2D eigenvalue weighted by Crippen LogP contribution is 2.40. The second-order valence-electron chi connectivity index (χ2n) is 6.93. The number of benzene rings is 1. The van der Waals surface area contributed by atoms with Crippen LogP contribution in [0.4, 0.5) is 0 Å². The summed E-state index contributed by atoms with van der Waals surface area (Å²) in [4.78, 5) is 23.3. The average Bonchev–Trinajstić information content (AvgIpc) is 3.31. The van der Waals surface area contributed by atoms with Gasteiger partial charge in [-0.25, -0.2) is 4.98 Å². The molecule has 28 heavy (non-hydrogen) atoms. The molecule has 0 unspecified atom stereocenters. The van der Waals surface area contributed by atoms with Gasteiger partial charge < -0.3 is 9.63 Å². The van der Waals surface area contributed by atoms with Crippen LogP contribution in [-0.4, -0.2) is 41.5 Å². The first-order chi connectivity index (χ1) is 13.5. The van der Waals surface area contributed by atoms with Crippen LogP contribution in [0.3, 0.4) is 0 Å². The molecule has 1 atom stereocenters. The van der Waals surface area contributed by atoms with Gasteiger partial charge in [-0.05, 0) is 38.1 Å². The zero-order chi connectivity index (χ0) is 19.7. The summed E-state index contributed by atoms with van der Waals surface area (Å²) >= 11 is 20.3. The normalized spacial score (nSPS) is 20.8. The maximum atomic E-state index is 10.7. The lowest BCUT2D eigenvalue weighted by atomic mass is 9.97. The maximum absolute atomic E-state index is 10.7. The smallest absolute Gasteiger partial charge is 0.161 e. The fourth-order valence-electron chi connectivity index (χ4n) is 3.62. The minimum absolute atomic E-state index is 0.344. The molecule has 0 bridgehead atoms. The number of halogens is 3. The highest BCUT2D eigenvalue weighted by molar-refractivity contribution is 7.10. The summed E-state index contributed by atoms with van der Waals surface area (Å²) in [5.41, 5.74) is 2.34. The van der Waals surface area contributed by atoms with E-state index in [-0.39, 0.29) is 6.10 Å². The van der Waals surface area contributed by atoms with Gasteiger partial charge in [-0.2, -0.15) is 0 Å². The fourth-order valence-corrected chi connectivity index (χ4v) is 5.68. The van der Waals surface area contributed by atoms with Crippen molar-refractivity contribution in [1.29, 1.82) is 0 Å². The summed E-state index contributed by atoms with van der Waals surface area (Å²) in [6.45, 7) is 2.37. The van der Waals surface area contributed by atoms with E-state index in [0.29, 0.717) is 39.5 Å². The van der Waals surface area contributed by atoms with E-state index in [9.17, 15) is 4.79 Å². The highest BCUT2D eigenvalue weighted by Gasteiger charge is 2.30. The minimum atomic E-state index is -0.344. The molecule has 2 aromatic rings. The first kappa shape index (κ1) is 20.1. The highest BCUT2D eigenvalue weighted by atomic mass is 35.5. The molecule has 1 aromatic carbocycles.